The maximum Gasteiger partial charge on any atom is 0.303 e. The molecule has 0 fully saturated rings. The van der Waals surface area contributed by atoms with Crippen molar-refractivity contribution in [3.8, 4) is 5.75 Å². The highest BCUT2D eigenvalue weighted by molar-refractivity contribution is 6.32. The Hall–Kier alpha value is -1.82. The largest absolute Gasteiger partial charge is 0.506 e. The smallest absolute Gasteiger partial charge is 0.303 e. The molecule has 0 aliphatic rings. The van der Waals surface area contributed by atoms with E-state index in [0.717, 1.165) is 37.8 Å². The van der Waals surface area contributed by atoms with E-state index in [9.17, 15) is 19.1 Å². The Kier molecular flexibility index (Phi) is 7.66. The van der Waals surface area contributed by atoms with Gasteiger partial charge in [0, 0.05) is 13.0 Å². The van der Waals surface area contributed by atoms with Crippen molar-refractivity contribution in [2.75, 3.05) is 6.54 Å². The second-order valence-corrected chi connectivity index (χ2v) is 5.36. The van der Waals surface area contributed by atoms with Crippen LogP contribution in [0, 0.1) is 5.82 Å². The van der Waals surface area contributed by atoms with Gasteiger partial charge in [-0.1, -0.05) is 30.9 Å². The van der Waals surface area contributed by atoms with Crippen LogP contribution in [0.3, 0.4) is 0 Å². The summed E-state index contributed by atoms with van der Waals surface area (Å²) in [6.45, 7) is 0.394. The number of aromatic hydroxyl groups is 1. The lowest BCUT2D eigenvalue weighted by Crippen LogP contribution is -2.24. The molecule has 0 aliphatic heterocycles. The summed E-state index contributed by atoms with van der Waals surface area (Å²) in [6, 6.07) is 1.87. The fourth-order valence-corrected chi connectivity index (χ4v) is 2.17. The molecule has 0 aromatic heterocycles. The minimum absolute atomic E-state index is 0.177. The number of benzene rings is 1. The Morgan fingerprint density at radius 3 is 2.45 bits per heavy atom. The predicted octanol–water partition coefficient (Wildman–Crippen LogP) is 3.34. The Balaban J connectivity index is 2.25. The Morgan fingerprint density at radius 1 is 1.14 bits per heavy atom. The van der Waals surface area contributed by atoms with Crippen molar-refractivity contribution in [3.05, 3.63) is 28.5 Å². The molecular formula is C15H19ClFNO4. The van der Waals surface area contributed by atoms with Crippen molar-refractivity contribution in [3.63, 3.8) is 0 Å². The van der Waals surface area contributed by atoms with Crippen LogP contribution in [0.4, 0.5) is 4.39 Å². The Morgan fingerprint density at radius 2 is 1.77 bits per heavy atom. The van der Waals surface area contributed by atoms with E-state index in [-0.39, 0.29) is 17.0 Å². The number of unbranched alkanes of at least 4 members (excludes halogenated alkanes) is 4. The maximum atomic E-state index is 13.2. The van der Waals surface area contributed by atoms with E-state index in [4.69, 9.17) is 16.7 Å². The third kappa shape index (κ3) is 6.30. The molecule has 22 heavy (non-hydrogen) atoms. The lowest BCUT2D eigenvalue weighted by Gasteiger charge is -2.08. The first kappa shape index (κ1) is 18.2. The van der Waals surface area contributed by atoms with Crippen molar-refractivity contribution < 1.29 is 24.2 Å². The third-order valence-corrected chi connectivity index (χ3v) is 3.41. The minimum Gasteiger partial charge on any atom is -0.506 e. The van der Waals surface area contributed by atoms with E-state index in [1.807, 2.05) is 0 Å². The fourth-order valence-electron chi connectivity index (χ4n) is 1.97. The molecule has 0 aliphatic carbocycles. The second-order valence-electron chi connectivity index (χ2n) is 4.95. The number of halogens is 2. The van der Waals surface area contributed by atoms with Gasteiger partial charge in [0.05, 0.1) is 10.6 Å². The second kappa shape index (κ2) is 9.25. The van der Waals surface area contributed by atoms with E-state index in [0.29, 0.717) is 13.0 Å². The van der Waals surface area contributed by atoms with E-state index in [2.05, 4.69) is 5.32 Å². The van der Waals surface area contributed by atoms with E-state index < -0.39 is 23.4 Å². The minimum atomic E-state index is -0.791. The van der Waals surface area contributed by atoms with Gasteiger partial charge in [0.15, 0.2) is 0 Å². The zero-order valence-electron chi connectivity index (χ0n) is 12.1. The number of rotatable bonds is 9. The van der Waals surface area contributed by atoms with Gasteiger partial charge in [-0.15, -0.1) is 0 Å². The molecule has 1 rings (SSSR count). The van der Waals surface area contributed by atoms with Gasteiger partial charge in [0.25, 0.3) is 5.91 Å². The molecule has 1 aromatic carbocycles. The van der Waals surface area contributed by atoms with Gasteiger partial charge in [-0.25, -0.2) is 4.39 Å². The Bertz CT molecular complexity index is 537. The Labute approximate surface area is 133 Å². The van der Waals surface area contributed by atoms with Crippen LogP contribution in [-0.2, 0) is 4.79 Å². The molecule has 3 N–H and O–H groups in total. The third-order valence-electron chi connectivity index (χ3n) is 3.13. The van der Waals surface area contributed by atoms with Crippen LogP contribution in [0.25, 0.3) is 0 Å². The number of hydrogen-bond acceptors (Lipinski definition) is 3. The SMILES string of the molecule is O=C(O)CCCCCCCNC(=O)c1cc(F)cc(Cl)c1O. The number of carbonyl (C=O) groups is 2. The normalized spacial score (nSPS) is 10.5. The van der Waals surface area contributed by atoms with Crippen LogP contribution in [0.1, 0.15) is 48.9 Å². The zero-order chi connectivity index (χ0) is 16.5. The molecule has 0 saturated heterocycles. The van der Waals surface area contributed by atoms with Crippen molar-refractivity contribution in [2.24, 2.45) is 0 Å². The summed E-state index contributed by atoms with van der Waals surface area (Å²) in [5, 5.41) is 20.5. The summed E-state index contributed by atoms with van der Waals surface area (Å²) in [4.78, 5) is 22.1. The van der Waals surface area contributed by atoms with Crippen LogP contribution in [-0.4, -0.2) is 28.6 Å². The van der Waals surface area contributed by atoms with Crippen molar-refractivity contribution in [1.82, 2.24) is 5.32 Å². The van der Waals surface area contributed by atoms with Crippen LogP contribution < -0.4 is 5.32 Å². The number of nitrogens with one attached hydrogen (secondary N) is 1. The summed E-state index contributed by atoms with van der Waals surface area (Å²) in [5.74, 6) is -2.49. The number of carboxylic acids is 1. The van der Waals surface area contributed by atoms with Gasteiger partial charge in [-0.2, -0.15) is 0 Å². The number of carboxylic acid groups (broad SMARTS) is 1. The van der Waals surface area contributed by atoms with Gasteiger partial charge < -0.3 is 15.5 Å². The van der Waals surface area contributed by atoms with Crippen LogP contribution >= 0.6 is 11.6 Å². The van der Waals surface area contributed by atoms with Crippen molar-refractivity contribution in [2.45, 2.75) is 38.5 Å². The standard InChI is InChI=1S/C15H19ClFNO4/c16-12-9-10(17)8-11(14(12)21)15(22)18-7-5-3-1-2-4-6-13(19)20/h8-9,21H,1-7H2,(H,18,22)(H,19,20). The molecule has 5 nitrogen and oxygen atoms in total. The quantitative estimate of drug-likeness (QED) is 0.606. The van der Waals surface area contributed by atoms with Gasteiger partial charge in [-0.05, 0) is 25.0 Å². The molecule has 0 radical (unpaired) electrons. The molecule has 0 spiro atoms. The van der Waals surface area contributed by atoms with Crippen molar-refractivity contribution >= 4 is 23.5 Å². The summed E-state index contributed by atoms with van der Waals surface area (Å²) in [7, 11) is 0. The average Bonchev–Trinajstić information content (AvgIpc) is 2.45. The highest BCUT2D eigenvalue weighted by Gasteiger charge is 2.15. The highest BCUT2D eigenvalue weighted by Crippen LogP contribution is 2.28. The average molecular weight is 332 g/mol. The predicted molar refractivity (Wildman–Crippen MR) is 80.7 cm³/mol. The van der Waals surface area contributed by atoms with Crippen LogP contribution in [0.15, 0.2) is 12.1 Å². The molecule has 1 aromatic rings. The number of phenolic OH excluding ortho intramolecular Hbond substituents is 1. The summed E-state index contributed by atoms with van der Waals surface area (Å²) in [5.41, 5.74) is -0.188. The van der Waals surface area contributed by atoms with Gasteiger partial charge in [-0.3, -0.25) is 9.59 Å². The highest BCUT2D eigenvalue weighted by atomic mass is 35.5. The fraction of sp³-hybridized carbons (Fsp3) is 0.467. The van der Waals surface area contributed by atoms with E-state index >= 15 is 0 Å². The molecule has 122 valence electrons. The zero-order valence-corrected chi connectivity index (χ0v) is 12.8. The molecular weight excluding hydrogens is 313 g/mol. The van der Waals surface area contributed by atoms with Gasteiger partial charge >= 0.3 is 5.97 Å². The molecule has 0 saturated carbocycles. The first-order chi connectivity index (χ1) is 10.4. The van der Waals surface area contributed by atoms with E-state index in [1.165, 1.54) is 0 Å². The van der Waals surface area contributed by atoms with Gasteiger partial charge in [0.2, 0.25) is 0 Å². The maximum absolute atomic E-state index is 13.2. The monoisotopic (exact) mass is 331 g/mol. The molecule has 0 unspecified atom stereocenters. The van der Waals surface area contributed by atoms with Crippen LogP contribution in [0.2, 0.25) is 5.02 Å². The van der Waals surface area contributed by atoms with Crippen molar-refractivity contribution in [1.29, 1.82) is 0 Å². The number of hydrogen-bond donors (Lipinski definition) is 3. The van der Waals surface area contributed by atoms with Crippen LogP contribution in [0.5, 0.6) is 5.75 Å². The molecule has 1 amide bonds. The number of carbonyl (C=O) groups excluding carboxylic acids is 1. The molecule has 0 bridgehead atoms. The number of amides is 1. The topological polar surface area (TPSA) is 86.6 Å². The molecule has 0 atom stereocenters. The van der Waals surface area contributed by atoms with Gasteiger partial charge in [0.1, 0.15) is 11.6 Å². The first-order valence-corrected chi connectivity index (χ1v) is 7.47. The number of phenols is 1. The molecule has 7 heteroatoms. The lowest BCUT2D eigenvalue weighted by molar-refractivity contribution is -0.137. The first-order valence-electron chi connectivity index (χ1n) is 7.10. The number of aliphatic carboxylic acids is 1. The lowest BCUT2D eigenvalue weighted by atomic mass is 10.1. The van der Waals surface area contributed by atoms with E-state index in [1.54, 1.807) is 0 Å². The summed E-state index contributed by atoms with van der Waals surface area (Å²) >= 11 is 5.61. The summed E-state index contributed by atoms with van der Waals surface area (Å²) < 4.78 is 13.2. The summed E-state index contributed by atoms with van der Waals surface area (Å²) in [6.07, 6.45) is 4.13. The molecule has 0 heterocycles.